The number of nitrogens with zero attached hydrogens (tertiary/aromatic N) is 5. The monoisotopic (exact) mass is 381 g/mol. The second-order valence-corrected chi connectivity index (χ2v) is 6.71. The number of ether oxygens (including phenoxy) is 1. The Labute approximate surface area is 168 Å². The summed E-state index contributed by atoms with van der Waals surface area (Å²) in [7, 11) is 3.67. The largest absolute Gasteiger partial charge is 0.496 e. The van der Waals surface area contributed by atoms with Gasteiger partial charge in [0.2, 0.25) is 0 Å². The van der Waals surface area contributed by atoms with Gasteiger partial charge in [0.05, 0.1) is 18.2 Å². The summed E-state index contributed by atoms with van der Waals surface area (Å²) in [6, 6.07) is 26.1. The highest BCUT2D eigenvalue weighted by molar-refractivity contribution is 5.94. The van der Waals surface area contributed by atoms with Crippen LogP contribution >= 0.6 is 0 Å². The minimum atomic E-state index is 0.544. The summed E-state index contributed by atoms with van der Waals surface area (Å²) in [4.78, 5) is 6.93. The van der Waals surface area contributed by atoms with E-state index in [1.807, 2.05) is 66.0 Å². The first kappa shape index (κ1) is 17.2. The highest BCUT2D eigenvalue weighted by Crippen LogP contribution is 2.34. The Hall–Kier alpha value is -3.93. The fourth-order valence-electron chi connectivity index (χ4n) is 3.62. The number of aromatic nitrogens is 4. The minimum Gasteiger partial charge on any atom is -0.496 e. The van der Waals surface area contributed by atoms with Gasteiger partial charge in [-0.25, -0.2) is 0 Å². The zero-order valence-corrected chi connectivity index (χ0v) is 16.1. The van der Waals surface area contributed by atoms with Gasteiger partial charge >= 0.3 is 0 Å². The first-order valence-electron chi connectivity index (χ1n) is 9.34. The van der Waals surface area contributed by atoms with Crippen molar-refractivity contribution in [2.45, 2.75) is 0 Å². The Morgan fingerprint density at radius 1 is 0.828 bits per heavy atom. The molecular formula is C23H19N5O. The summed E-state index contributed by atoms with van der Waals surface area (Å²) in [6.45, 7) is 0. The predicted octanol–water partition coefficient (Wildman–Crippen LogP) is 4.72. The van der Waals surface area contributed by atoms with E-state index in [-0.39, 0.29) is 0 Å². The first-order chi connectivity index (χ1) is 14.3. The molecule has 6 heteroatoms. The van der Waals surface area contributed by atoms with E-state index in [1.54, 1.807) is 7.11 Å². The van der Waals surface area contributed by atoms with Crippen LogP contribution in [0.2, 0.25) is 0 Å². The quantitative estimate of drug-likeness (QED) is 0.451. The summed E-state index contributed by atoms with van der Waals surface area (Å²) in [6.07, 6.45) is 0. The lowest BCUT2D eigenvalue weighted by Gasteiger charge is -2.20. The van der Waals surface area contributed by atoms with Crippen molar-refractivity contribution < 1.29 is 4.74 Å². The lowest BCUT2D eigenvalue weighted by Crippen LogP contribution is -2.13. The molecule has 142 valence electrons. The smallest absolute Gasteiger partial charge is 0.257 e. The molecule has 0 saturated heterocycles. The number of hydrogen-bond donors (Lipinski definition) is 0. The SMILES string of the molecule is COc1ccccc1-c1nnc2nc(N(C)c3ccccc3)c3ccccc3n12. The Morgan fingerprint density at radius 2 is 1.55 bits per heavy atom. The van der Waals surface area contributed by atoms with Crippen LogP contribution in [0, 0.1) is 0 Å². The fourth-order valence-corrected chi connectivity index (χ4v) is 3.62. The molecule has 2 heterocycles. The van der Waals surface area contributed by atoms with Gasteiger partial charge in [0.25, 0.3) is 5.78 Å². The van der Waals surface area contributed by atoms with Gasteiger partial charge in [0, 0.05) is 18.1 Å². The number of hydrogen-bond acceptors (Lipinski definition) is 5. The number of fused-ring (bicyclic) bond motifs is 3. The number of benzene rings is 3. The molecule has 0 atom stereocenters. The van der Waals surface area contributed by atoms with E-state index >= 15 is 0 Å². The summed E-state index contributed by atoms with van der Waals surface area (Å²) in [5.74, 6) is 2.83. The molecule has 0 aliphatic rings. The summed E-state index contributed by atoms with van der Waals surface area (Å²) in [5, 5.41) is 9.84. The predicted molar refractivity (Wildman–Crippen MR) is 115 cm³/mol. The normalized spacial score (nSPS) is 11.1. The summed E-state index contributed by atoms with van der Waals surface area (Å²) in [5.41, 5.74) is 2.92. The molecule has 5 aromatic rings. The molecule has 3 aromatic carbocycles. The van der Waals surface area contributed by atoms with E-state index in [2.05, 4.69) is 39.4 Å². The van der Waals surface area contributed by atoms with Crippen molar-refractivity contribution in [3.63, 3.8) is 0 Å². The maximum absolute atomic E-state index is 5.54. The standard InChI is InChI=1S/C23H19N5O/c1-27(16-10-4-3-5-11-16)21-17-12-6-8-14-19(17)28-22(25-26-23(28)24-21)18-13-7-9-15-20(18)29-2/h3-15H,1-2H3. The molecule has 6 nitrogen and oxygen atoms in total. The first-order valence-corrected chi connectivity index (χ1v) is 9.34. The van der Waals surface area contributed by atoms with Crippen molar-refractivity contribution in [3.05, 3.63) is 78.9 Å². The average molecular weight is 381 g/mol. The number of para-hydroxylation sites is 3. The molecule has 0 aliphatic heterocycles. The van der Waals surface area contributed by atoms with Crippen LogP contribution in [0.4, 0.5) is 11.5 Å². The van der Waals surface area contributed by atoms with Crippen LogP contribution in [0.25, 0.3) is 28.1 Å². The van der Waals surface area contributed by atoms with Crippen LogP contribution in [0.1, 0.15) is 0 Å². The highest BCUT2D eigenvalue weighted by Gasteiger charge is 2.19. The number of rotatable bonds is 4. The van der Waals surface area contributed by atoms with Gasteiger partial charge in [-0.2, -0.15) is 4.98 Å². The zero-order chi connectivity index (χ0) is 19.8. The molecule has 0 spiro atoms. The third-order valence-electron chi connectivity index (χ3n) is 5.05. The van der Waals surface area contributed by atoms with Gasteiger partial charge in [-0.1, -0.05) is 42.5 Å². The number of anilines is 2. The van der Waals surface area contributed by atoms with Gasteiger partial charge in [-0.15, -0.1) is 10.2 Å². The van der Waals surface area contributed by atoms with Gasteiger partial charge in [0.15, 0.2) is 5.82 Å². The second-order valence-electron chi connectivity index (χ2n) is 6.71. The van der Waals surface area contributed by atoms with Crippen molar-refractivity contribution in [1.29, 1.82) is 0 Å². The number of methoxy groups -OCH3 is 1. The molecule has 0 bridgehead atoms. The molecular weight excluding hydrogens is 362 g/mol. The molecule has 29 heavy (non-hydrogen) atoms. The van der Waals surface area contributed by atoms with Crippen LogP contribution in [-0.4, -0.2) is 33.7 Å². The van der Waals surface area contributed by atoms with Gasteiger partial charge in [0.1, 0.15) is 11.6 Å². The minimum absolute atomic E-state index is 0.544. The van der Waals surface area contributed by atoms with Gasteiger partial charge in [-0.05, 0) is 36.4 Å². The Balaban J connectivity index is 1.80. The van der Waals surface area contributed by atoms with Crippen LogP contribution in [0.15, 0.2) is 78.9 Å². The van der Waals surface area contributed by atoms with Crippen LogP contribution in [-0.2, 0) is 0 Å². The molecule has 0 N–H and O–H groups in total. The van der Waals surface area contributed by atoms with Crippen molar-refractivity contribution in [1.82, 2.24) is 19.6 Å². The van der Waals surface area contributed by atoms with E-state index in [1.165, 1.54) is 0 Å². The van der Waals surface area contributed by atoms with E-state index in [0.717, 1.165) is 33.7 Å². The molecule has 0 fully saturated rings. The summed E-state index contributed by atoms with van der Waals surface area (Å²) < 4.78 is 7.52. The van der Waals surface area contributed by atoms with Crippen molar-refractivity contribution in [2.75, 3.05) is 19.1 Å². The maximum Gasteiger partial charge on any atom is 0.257 e. The van der Waals surface area contributed by atoms with Crippen molar-refractivity contribution in [2.24, 2.45) is 0 Å². The van der Waals surface area contributed by atoms with E-state index in [9.17, 15) is 0 Å². The highest BCUT2D eigenvalue weighted by atomic mass is 16.5. The average Bonchev–Trinajstić information content (AvgIpc) is 3.22. The second kappa shape index (κ2) is 6.91. The van der Waals surface area contributed by atoms with Crippen molar-refractivity contribution in [3.8, 4) is 17.1 Å². The van der Waals surface area contributed by atoms with Crippen LogP contribution in [0.5, 0.6) is 5.75 Å². The van der Waals surface area contributed by atoms with Gasteiger partial charge in [-0.3, -0.25) is 4.40 Å². The molecule has 0 aliphatic carbocycles. The third kappa shape index (κ3) is 2.77. The van der Waals surface area contributed by atoms with Crippen molar-refractivity contribution >= 4 is 28.2 Å². The third-order valence-corrected chi connectivity index (χ3v) is 5.05. The van der Waals surface area contributed by atoms with Gasteiger partial charge < -0.3 is 9.64 Å². The lowest BCUT2D eigenvalue weighted by molar-refractivity contribution is 0.416. The zero-order valence-electron chi connectivity index (χ0n) is 16.1. The lowest BCUT2D eigenvalue weighted by atomic mass is 10.1. The molecule has 0 amide bonds. The molecule has 2 aromatic heterocycles. The van der Waals surface area contributed by atoms with Crippen LogP contribution in [0.3, 0.4) is 0 Å². The Kier molecular flexibility index (Phi) is 4.09. The van der Waals surface area contributed by atoms with E-state index < -0.39 is 0 Å². The maximum atomic E-state index is 5.54. The molecule has 0 radical (unpaired) electrons. The summed E-state index contributed by atoms with van der Waals surface area (Å²) >= 11 is 0. The Morgan fingerprint density at radius 3 is 2.38 bits per heavy atom. The van der Waals surface area contributed by atoms with E-state index in [4.69, 9.17) is 9.72 Å². The molecule has 0 saturated carbocycles. The Bertz CT molecular complexity index is 1310. The topological polar surface area (TPSA) is 55.6 Å². The van der Waals surface area contributed by atoms with Crippen LogP contribution < -0.4 is 9.64 Å². The molecule has 0 unspecified atom stereocenters. The van der Waals surface area contributed by atoms with E-state index in [0.29, 0.717) is 11.6 Å². The fraction of sp³-hybridized carbons (Fsp3) is 0.0870. The molecule has 5 rings (SSSR count).